The number of hydrogen-bond acceptors (Lipinski definition) is 3. The van der Waals surface area contributed by atoms with Gasteiger partial charge in [-0.1, -0.05) is 11.6 Å². The molecule has 20 heavy (non-hydrogen) atoms. The zero-order valence-corrected chi connectivity index (χ0v) is 13.3. The molecule has 104 valence electrons. The van der Waals surface area contributed by atoms with Crippen molar-refractivity contribution >= 4 is 33.3 Å². The first-order valence-corrected chi connectivity index (χ1v) is 6.95. The van der Waals surface area contributed by atoms with E-state index in [2.05, 4.69) is 15.9 Å². The molecule has 2 aromatic carbocycles. The summed E-state index contributed by atoms with van der Waals surface area (Å²) >= 11 is 9.25. The summed E-state index contributed by atoms with van der Waals surface area (Å²) in [6.07, 6.45) is 0. The van der Waals surface area contributed by atoms with E-state index < -0.39 is 0 Å². The molecule has 0 aliphatic rings. The third-order valence-corrected chi connectivity index (χ3v) is 4.05. The van der Waals surface area contributed by atoms with Crippen LogP contribution in [0.3, 0.4) is 0 Å². The summed E-state index contributed by atoms with van der Waals surface area (Å²) in [6.45, 7) is 0. The topological polar surface area (TPSA) is 35.5 Å². The fraction of sp³-hybridized carbons (Fsp3) is 0.133. The van der Waals surface area contributed by atoms with Crippen LogP contribution in [0.25, 0.3) is 0 Å². The number of methoxy groups -OCH3 is 2. The van der Waals surface area contributed by atoms with Gasteiger partial charge in [-0.2, -0.15) is 0 Å². The fourth-order valence-corrected chi connectivity index (χ4v) is 2.28. The van der Waals surface area contributed by atoms with E-state index in [0.717, 1.165) is 0 Å². The van der Waals surface area contributed by atoms with Crippen LogP contribution in [0.1, 0.15) is 15.9 Å². The standard InChI is InChI=1S/C15H12BrClO3/c1-19-10-4-6-14(20-2)11(8-10)15(18)9-3-5-13(17)12(16)7-9/h3-8H,1-2H3. The molecule has 0 aliphatic carbocycles. The number of rotatable bonds is 4. The minimum absolute atomic E-state index is 0.155. The van der Waals surface area contributed by atoms with Crippen molar-refractivity contribution in [3.63, 3.8) is 0 Å². The van der Waals surface area contributed by atoms with Crippen LogP contribution >= 0.6 is 27.5 Å². The van der Waals surface area contributed by atoms with E-state index >= 15 is 0 Å². The van der Waals surface area contributed by atoms with Crippen LogP contribution in [-0.2, 0) is 0 Å². The summed E-state index contributed by atoms with van der Waals surface area (Å²) in [4.78, 5) is 12.6. The molecule has 0 spiro atoms. The average Bonchev–Trinajstić information content (AvgIpc) is 2.48. The van der Waals surface area contributed by atoms with Crippen molar-refractivity contribution in [2.45, 2.75) is 0 Å². The minimum Gasteiger partial charge on any atom is -0.497 e. The van der Waals surface area contributed by atoms with Crippen LogP contribution in [-0.4, -0.2) is 20.0 Å². The first kappa shape index (κ1) is 14.9. The van der Waals surface area contributed by atoms with Gasteiger partial charge in [0.05, 0.1) is 24.8 Å². The second kappa shape index (κ2) is 6.29. The normalized spacial score (nSPS) is 10.2. The SMILES string of the molecule is COc1ccc(OC)c(C(=O)c2ccc(Cl)c(Br)c2)c1. The highest BCUT2D eigenvalue weighted by Gasteiger charge is 2.16. The van der Waals surface area contributed by atoms with Gasteiger partial charge >= 0.3 is 0 Å². The van der Waals surface area contributed by atoms with Gasteiger partial charge in [0.1, 0.15) is 11.5 Å². The second-order valence-corrected chi connectivity index (χ2v) is 5.29. The molecule has 0 unspecified atom stereocenters. The van der Waals surface area contributed by atoms with Crippen LogP contribution in [0.2, 0.25) is 5.02 Å². The van der Waals surface area contributed by atoms with Crippen molar-refractivity contribution in [2.24, 2.45) is 0 Å². The Morgan fingerprint density at radius 3 is 2.45 bits per heavy atom. The Balaban J connectivity index is 2.48. The monoisotopic (exact) mass is 354 g/mol. The maximum absolute atomic E-state index is 12.6. The maximum atomic E-state index is 12.6. The lowest BCUT2D eigenvalue weighted by Crippen LogP contribution is -2.04. The Morgan fingerprint density at radius 2 is 1.85 bits per heavy atom. The van der Waals surface area contributed by atoms with Crippen LogP contribution < -0.4 is 9.47 Å². The van der Waals surface area contributed by atoms with E-state index in [1.807, 2.05) is 0 Å². The predicted molar refractivity (Wildman–Crippen MR) is 82.1 cm³/mol. The molecule has 0 fully saturated rings. The summed E-state index contributed by atoms with van der Waals surface area (Å²) in [7, 11) is 3.07. The molecule has 3 nitrogen and oxygen atoms in total. The number of carbonyl (C=O) groups is 1. The Hall–Kier alpha value is -1.52. The summed E-state index contributed by atoms with van der Waals surface area (Å²) < 4.78 is 11.0. The number of halogens is 2. The first-order valence-electron chi connectivity index (χ1n) is 5.78. The first-order chi connectivity index (χ1) is 9.56. The number of ether oxygens (including phenoxy) is 2. The summed E-state index contributed by atoms with van der Waals surface area (Å²) in [5.41, 5.74) is 0.967. The van der Waals surface area contributed by atoms with E-state index in [9.17, 15) is 4.79 Å². The molecule has 0 aliphatic heterocycles. The number of carbonyl (C=O) groups excluding carboxylic acids is 1. The minimum atomic E-state index is -0.155. The quantitative estimate of drug-likeness (QED) is 0.765. The average molecular weight is 356 g/mol. The van der Waals surface area contributed by atoms with Gasteiger partial charge in [-0.15, -0.1) is 0 Å². The third kappa shape index (κ3) is 2.97. The molecule has 2 aromatic rings. The summed E-state index contributed by atoms with van der Waals surface area (Å²) in [5.74, 6) is 0.946. The van der Waals surface area contributed by atoms with Crippen molar-refractivity contribution in [3.8, 4) is 11.5 Å². The van der Waals surface area contributed by atoms with E-state index in [-0.39, 0.29) is 5.78 Å². The molecular weight excluding hydrogens is 344 g/mol. The van der Waals surface area contributed by atoms with E-state index in [4.69, 9.17) is 21.1 Å². The Morgan fingerprint density at radius 1 is 1.10 bits per heavy atom. The van der Waals surface area contributed by atoms with Gasteiger partial charge in [-0.25, -0.2) is 0 Å². The third-order valence-electron chi connectivity index (χ3n) is 2.83. The van der Waals surface area contributed by atoms with Gasteiger partial charge in [0, 0.05) is 10.0 Å². The Kier molecular flexibility index (Phi) is 4.68. The highest BCUT2D eigenvalue weighted by molar-refractivity contribution is 9.10. The summed E-state index contributed by atoms with van der Waals surface area (Å²) in [5, 5.41) is 0.555. The molecule has 2 rings (SSSR count). The van der Waals surface area contributed by atoms with E-state index in [1.54, 1.807) is 43.5 Å². The van der Waals surface area contributed by atoms with Gasteiger partial charge in [0.2, 0.25) is 0 Å². The highest BCUT2D eigenvalue weighted by Crippen LogP contribution is 2.29. The molecule has 0 N–H and O–H groups in total. The van der Waals surface area contributed by atoms with Crippen molar-refractivity contribution in [3.05, 3.63) is 57.0 Å². The largest absolute Gasteiger partial charge is 0.497 e. The van der Waals surface area contributed by atoms with Gasteiger partial charge in [-0.05, 0) is 52.3 Å². The molecule has 0 aromatic heterocycles. The lowest BCUT2D eigenvalue weighted by molar-refractivity contribution is 0.103. The summed E-state index contributed by atoms with van der Waals surface area (Å²) in [6, 6.07) is 10.1. The lowest BCUT2D eigenvalue weighted by atomic mass is 10.0. The number of benzene rings is 2. The van der Waals surface area contributed by atoms with Gasteiger partial charge in [0.25, 0.3) is 0 Å². The fourth-order valence-electron chi connectivity index (χ4n) is 1.78. The zero-order chi connectivity index (χ0) is 14.7. The molecule has 0 heterocycles. The van der Waals surface area contributed by atoms with Crippen LogP contribution in [0.4, 0.5) is 0 Å². The molecular formula is C15H12BrClO3. The Bertz CT molecular complexity index is 656. The molecule has 0 radical (unpaired) electrons. The molecule has 0 atom stereocenters. The van der Waals surface area contributed by atoms with Crippen LogP contribution in [0.15, 0.2) is 40.9 Å². The second-order valence-electron chi connectivity index (χ2n) is 4.02. The highest BCUT2D eigenvalue weighted by atomic mass is 79.9. The smallest absolute Gasteiger partial charge is 0.196 e. The molecule has 0 saturated heterocycles. The van der Waals surface area contributed by atoms with E-state index in [1.165, 1.54) is 7.11 Å². The van der Waals surface area contributed by atoms with Gasteiger partial charge in [0.15, 0.2) is 5.78 Å². The maximum Gasteiger partial charge on any atom is 0.196 e. The van der Waals surface area contributed by atoms with E-state index in [0.29, 0.717) is 32.1 Å². The lowest BCUT2D eigenvalue weighted by Gasteiger charge is -2.10. The van der Waals surface area contributed by atoms with Crippen molar-refractivity contribution in [1.29, 1.82) is 0 Å². The van der Waals surface area contributed by atoms with Crippen LogP contribution in [0, 0.1) is 0 Å². The van der Waals surface area contributed by atoms with Crippen LogP contribution in [0.5, 0.6) is 11.5 Å². The molecule has 0 amide bonds. The van der Waals surface area contributed by atoms with Gasteiger partial charge in [-0.3, -0.25) is 4.79 Å². The zero-order valence-electron chi connectivity index (χ0n) is 10.9. The predicted octanol–water partition coefficient (Wildman–Crippen LogP) is 4.35. The van der Waals surface area contributed by atoms with Crippen molar-refractivity contribution in [1.82, 2.24) is 0 Å². The molecule has 5 heteroatoms. The molecule has 0 saturated carbocycles. The van der Waals surface area contributed by atoms with Gasteiger partial charge < -0.3 is 9.47 Å². The number of hydrogen-bond donors (Lipinski definition) is 0. The number of ketones is 1. The molecule has 0 bridgehead atoms. The van der Waals surface area contributed by atoms with Crippen molar-refractivity contribution < 1.29 is 14.3 Å². The van der Waals surface area contributed by atoms with Crippen molar-refractivity contribution in [2.75, 3.05) is 14.2 Å². The Labute approximate surface area is 130 Å².